The maximum Gasteiger partial charge on any atom is 0.266 e. The van der Waals surface area contributed by atoms with Crippen LogP contribution in [0.15, 0.2) is 34.9 Å². The van der Waals surface area contributed by atoms with Gasteiger partial charge in [-0.15, -0.1) is 0 Å². The van der Waals surface area contributed by atoms with Crippen LogP contribution in [0, 0.1) is 0 Å². The minimum atomic E-state index is -0.447. The number of hydrogen-bond donors (Lipinski definition) is 1. The van der Waals surface area contributed by atoms with Crippen molar-refractivity contribution in [2.24, 2.45) is 0 Å². The fourth-order valence-electron chi connectivity index (χ4n) is 2.85. The van der Waals surface area contributed by atoms with Gasteiger partial charge < -0.3 is 19.4 Å². The molecule has 7 heteroatoms. The maximum absolute atomic E-state index is 10.3. The number of β-amino-alcohol motifs (C(OH)–C–C–N with tert-alkyl or cyclic N) is 1. The van der Waals surface area contributed by atoms with Crippen LogP contribution in [0.2, 0.25) is 0 Å². The molecule has 0 bridgehead atoms. The number of aliphatic hydroxyl groups excluding tert-OH is 1. The van der Waals surface area contributed by atoms with Crippen molar-refractivity contribution in [3.05, 3.63) is 30.3 Å². The summed E-state index contributed by atoms with van der Waals surface area (Å²) in [5.74, 6) is 0.984. The Bertz CT molecular complexity index is 625. The standard InChI is InChI=1S/C17H25N5O2/c1-20-8-10-22(11-9-20)13-15(23)12-21(2)17-18-16(24-19-17)14-6-4-3-5-7-14/h3-7,15,23H,8-13H2,1-2H3/t15-/m0/s1. The Kier molecular flexibility index (Phi) is 5.44. The van der Waals surface area contributed by atoms with Crippen LogP contribution in [0.1, 0.15) is 0 Å². The molecule has 0 saturated carbocycles. The second kappa shape index (κ2) is 7.74. The molecule has 130 valence electrons. The van der Waals surface area contributed by atoms with Gasteiger partial charge in [0.15, 0.2) is 0 Å². The lowest BCUT2D eigenvalue weighted by molar-refractivity contribution is 0.0841. The number of nitrogens with zero attached hydrogens (tertiary/aromatic N) is 5. The third kappa shape index (κ3) is 4.31. The normalized spacial score (nSPS) is 17.8. The minimum Gasteiger partial charge on any atom is -0.390 e. The van der Waals surface area contributed by atoms with E-state index in [1.54, 1.807) is 0 Å². The zero-order chi connectivity index (χ0) is 16.9. The summed E-state index contributed by atoms with van der Waals surface area (Å²) >= 11 is 0. The largest absolute Gasteiger partial charge is 0.390 e. The molecule has 7 nitrogen and oxygen atoms in total. The molecule has 0 radical (unpaired) electrons. The number of aromatic nitrogens is 2. The summed E-state index contributed by atoms with van der Waals surface area (Å²) in [6, 6.07) is 9.67. The summed E-state index contributed by atoms with van der Waals surface area (Å²) in [5.41, 5.74) is 0.891. The van der Waals surface area contributed by atoms with Crippen molar-refractivity contribution in [1.82, 2.24) is 19.9 Å². The van der Waals surface area contributed by atoms with Crippen LogP contribution >= 0.6 is 0 Å². The molecule has 1 fully saturated rings. The summed E-state index contributed by atoms with van der Waals surface area (Å²) in [5, 5.41) is 14.4. The molecule has 1 aliphatic rings. The summed E-state index contributed by atoms with van der Waals surface area (Å²) < 4.78 is 5.31. The number of benzene rings is 1. The first kappa shape index (κ1) is 16.9. The van der Waals surface area contributed by atoms with Crippen molar-refractivity contribution < 1.29 is 9.63 Å². The van der Waals surface area contributed by atoms with E-state index in [4.69, 9.17) is 4.52 Å². The number of rotatable bonds is 6. The van der Waals surface area contributed by atoms with E-state index in [1.807, 2.05) is 42.3 Å². The first-order valence-electron chi connectivity index (χ1n) is 8.31. The van der Waals surface area contributed by atoms with Gasteiger partial charge in [0, 0.05) is 51.9 Å². The van der Waals surface area contributed by atoms with Crippen LogP contribution in [0.25, 0.3) is 11.5 Å². The number of hydrogen-bond acceptors (Lipinski definition) is 7. The molecule has 1 aromatic heterocycles. The molecule has 1 atom stereocenters. The third-order valence-corrected chi connectivity index (χ3v) is 4.33. The van der Waals surface area contributed by atoms with Gasteiger partial charge in [-0.25, -0.2) is 0 Å². The van der Waals surface area contributed by atoms with Gasteiger partial charge in [-0.3, -0.25) is 4.90 Å². The Hall–Kier alpha value is -1.96. The van der Waals surface area contributed by atoms with E-state index in [9.17, 15) is 5.11 Å². The van der Waals surface area contributed by atoms with E-state index in [-0.39, 0.29) is 0 Å². The Morgan fingerprint density at radius 2 is 1.92 bits per heavy atom. The predicted molar refractivity (Wildman–Crippen MR) is 92.9 cm³/mol. The van der Waals surface area contributed by atoms with Crippen molar-refractivity contribution >= 4 is 5.95 Å². The fourth-order valence-corrected chi connectivity index (χ4v) is 2.85. The van der Waals surface area contributed by atoms with Gasteiger partial charge in [0.1, 0.15) is 0 Å². The van der Waals surface area contributed by atoms with Gasteiger partial charge in [-0.05, 0) is 24.3 Å². The fraction of sp³-hybridized carbons (Fsp3) is 0.529. The highest BCUT2D eigenvalue weighted by molar-refractivity contribution is 5.53. The summed E-state index contributed by atoms with van der Waals surface area (Å²) in [6.45, 7) is 5.23. The van der Waals surface area contributed by atoms with Gasteiger partial charge in [0.05, 0.1) is 6.10 Å². The van der Waals surface area contributed by atoms with E-state index in [0.29, 0.717) is 24.9 Å². The van der Waals surface area contributed by atoms with E-state index in [0.717, 1.165) is 31.7 Å². The summed E-state index contributed by atoms with van der Waals surface area (Å²) in [7, 11) is 3.99. The van der Waals surface area contributed by atoms with Crippen LogP contribution in [0.5, 0.6) is 0 Å². The highest BCUT2D eigenvalue weighted by Gasteiger charge is 2.20. The lowest BCUT2D eigenvalue weighted by Gasteiger charge is -2.34. The predicted octanol–water partition coefficient (Wildman–Crippen LogP) is 0.781. The van der Waals surface area contributed by atoms with Crippen molar-refractivity contribution in [3.8, 4) is 11.5 Å². The third-order valence-electron chi connectivity index (χ3n) is 4.33. The van der Waals surface area contributed by atoms with E-state index in [1.165, 1.54) is 0 Å². The molecule has 0 aliphatic carbocycles. The van der Waals surface area contributed by atoms with E-state index in [2.05, 4.69) is 27.0 Å². The maximum atomic E-state index is 10.3. The number of likely N-dealkylation sites (N-methyl/N-ethyl adjacent to an activating group) is 2. The molecule has 1 aromatic carbocycles. The monoisotopic (exact) mass is 331 g/mol. The summed E-state index contributed by atoms with van der Waals surface area (Å²) in [4.78, 5) is 10.8. The average molecular weight is 331 g/mol. The van der Waals surface area contributed by atoms with Gasteiger partial charge >= 0.3 is 0 Å². The van der Waals surface area contributed by atoms with Crippen molar-refractivity contribution in [2.45, 2.75) is 6.10 Å². The van der Waals surface area contributed by atoms with Gasteiger partial charge in [0.25, 0.3) is 11.8 Å². The Morgan fingerprint density at radius 1 is 1.21 bits per heavy atom. The van der Waals surface area contributed by atoms with Gasteiger partial charge in [-0.1, -0.05) is 18.2 Å². The highest BCUT2D eigenvalue weighted by atomic mass is 16.5. The van der Waals surface area contributed by atoms with Crippen LogP contribution in [-0.2, 0) is 0 Å². The molecule has 2 aromatic rings. The molecule has 0 unspecified atom stereocenters. The molecule has 1 saturated heterocycles. The van der Waals surface area contributed by atoms with Crippen LogP contribution in [0.4, 0.5) is 5.95 Å². The minimum absolute atomic E-state index is 0.447. The molecule has 0 spiro atoms. The van der Waals surface area contributed by atoms with Crippen molar-refractivity contribution in [2.75, 3.05) is 58.3 Å². The quantitative estimate of drug-likeness (QED) is 0.839. The Balaban J connectivity index is 1.53. The molecule has 1 aliphatic heterocycles. The number of anilines is 1. The lowest BCUT2D eigenvalue weighted by Crippen LogP contribution is -2.48. The molecule has 2 heterocycles. The molecule has 24 heavy (non-hydrogen) atoms. The van der Waals surface area contributed by atoms with E-state index < -0.39 is 6.10 Å². The highest BCUT2D eigenvalue weighted by Crippen LogP contribution is 2.19. The second-order valence-electron chi connectivity index (χ2n) is 6.40. The van der Waals surface area contributed by atoms with Crippen molar-refractivity contribution in [3.63, 3.8) is 0 Å². The second-order valence-corrected chi connectivity index (χ2v) is 6.40. The van der Waals surface area contributed by atoms with Gasteiger partial charge in [0.2, 0.25) is 0 Å². The molecule has 0 amide bonds. The average Bonchev–Trinajstić information content (AvgIpc) is 3.08. The molecular formula is C17H25N5O2. The summed E-state index contributed by atoms with van der Waals surface area (Å²) in [6.07, 6.45) is -0.447. The molecular weight excluding hydrogens is 306 g/mol. The Morgan fingerprint density at radius 3 is 2.62 bits per heavy atom. The molecule has 3 rings (SSSR count). The zero-order valence-electron chi connectivity index (χ0n) is 14.3. The SMILES string of the molecule is CN1CCN(C[C@@H](O)CN(C)c2noc(-c3ccccc3)n2)CC1. The van der Waals surface area contributed by atoms with E-state index >= 15 is 0 Å². The first-order chi connectivity index (χ1) is 11.6. The number of piperazine rings is 1. The van der Waals surface area contributed by atoms with Crippen LogP contribution in [0.3, 0.4) is 0 Å². The van der Waals surface area contributed by atoms with Gasteiger partial charge in [-0.2, -0.15) is 4.98 Å². The topological polar surface area (TPSA) is 68.9 Å². The lowest BCUT2D eigenvalue weighted by atomic mass is 10.2. The Labute approximate surface area is 142 Å². The zero-order valence-corrected chi connectivity index (χ0v) is 14.3. The van der Waals surface area contributed by atoms with Crippen molar-refractivity contribution in [1.29, 1.82) is 0 Å². The van der Waals surface area contributed by atoms with Crippen LogP contribution in [-0.4, -0.2) is 84.5 Å². The molecule has 1 N–H and O–H groups in total. The first-order valence-corrected chi connectivity index (χ1v) is 8.31. The van der Waals surface area contributed by atoms with Crippen LogP contribution < -0.4 is 4.90 Å². The number of aliphatic hydroxyl groups is 1. The smallest absolute Gasteiger partial charge is 0.266 e.